The van der Waals surface area contributed by atoms with Crippen LogP contribution in [0.1, 0.15) is 0 Å². The van der Waals surface area contributed by atoms with Gasteiger partial charge in [-0.2, -0.15) is 10.5 Å². The summed E-state index contributed by atoms with van der Waals surface area (Å²) in [4.78, 5) is 15.5. The van der Waals surface area contributed by atoms with Crippen LogP contribution in [0.3, 0.4) is 0 Å². The van der Waals surface area contributed by atoms with Gasteiger partial charge in [0, 0.05) is 38.0 Å². The van der Waals surface area contributed by atoms with E-state index in [0.717, 1.165) is 21.3 Å². The highest BCUT2D eigenvalue weighted by Gasteiger charge is 2.22. The van der Waals surface area contributed by atoms with Crippen LogP contribution < -0.4 is 20.1 Å². The molecule has 3 rings (SSSR count). The second-order valence-corrected chi connectivity index (χ2v) is 6.21. The second kappa shape index (κ2) is 6.08. The molecular weight excluding hydrogens is 298 g/mol. The molecule has 0 atom stereocenters. The van der Waals surface area contributed by atoms with Crippen LogP contribution in [0, 0.1) is 0 Å². The number of rotatable bonds is 4. The van der Waals surface area contributed by atoms with E-state index < -0.39 is 0 Å². The predicted molar refractivity (Wildman–Crippen MR) is 89.1 cm³/mol. The molecule has 2 aromatic rings. The summed E-state index contributed by atoms with van der Waals surface area (Å²) in [5.41, 5.74) is 5.04. The van der Waals surface area contributed by atoms with Crippen molar-refractivity contribution in [2.24, 2.45) is 0 Å². The van der Waals surface area contributed by atoms with Gasteiger partial charge in [-0.3, -0.25) is 0 Å². The molecule has 1 aliphatic rings. The Morgan fingerprint density at radius 3 is 2.18 bits per heavy atom. The highest BCUT2D eigenvalue weighted by Crippen LogP contribution is 2.49. The van der Waals surface area contributed by atoms with Gasteiger partial charge in [0.2, 0.25) is 0 Å². The number of hydrogen-bond acceptors (Lipinski definition) is 6. The zero-order valence-electron chi connectivity index (χ0n) is 13.1. The van der Waals surface area contributed by atoms with Crippen LogP contribution in [-0.4, -0.2) is 33.3 Å². The van der Waals surface area contributed by atoms with Crippen LogP contribution in [0.2, 0.25) is 0 Å². The normalized spacial score (nSPS) is 12.9. The molecule has 1 aliphatic heterocycles. The topological polar surface area (TPSA) is 37.0 Å². The standard InChI is InChI=1S/C16H19N3O2S/c1-17-20-11-5-7-13-15(9-11)22-16-10-12(21-18(2)3)6-8-14(16)19(13)4/h5-10,17H,1-4H3. The van der Waals surface area contributed by atoms with E-state index >= 15 is 0 Å². The monoisotopic (exact) mass is 317 g/mol. The third-order valence-electron chi connectivity index (χ3n) is 3.31. The first-order valence-corrected chi connectivity index (χ1v) is 7.78. The van der Waals surface area contributed by atoms with E-state index in [1.165, 1.54) is 11.4 Å². The molecule has 0 radical (unpaired) electrons. The van der Waals surface area contributed by atoms with Gasteiger partial charge >= 0.3 is 0 Å². The molecule has 0 aromatic heterocycles. The Hall–Kier alpha value is -1.89. The van der Waals surface area contributed by atoms with Crippen molar-refractivity contribution in [1.29, 1.82) is 0 Å². The van der Waals surface area contributed by atoms with E-state index in [2.05, 4.69) is 35.6 Å². The number of nitrogens with zero attached hydrogens (tertiary/aromatic N) is 2. The van der Waals surface area contributed by atoms with Crippen molar-refractivity contribution in [3.63, 3.8) is 0 Å². The van der Waals surface area contributed by atoms with E-state index in [0.29, 0.717) is 0 Å². The molecule has 5 nitrogen and oxygen atoms in total. The van der Waals surface area contributed by atoms with Gasteiger partial charge in [0.1, 0.15) is 11.5 Å². The van der Waals surface area contributed by atoms with Crippen LogP contribution in [-0.2, 0) is 0 Å². The maximum atomic E-state index is 5.63. The van der Waals surface area contributed by atoms with Gasteiger partial charge in [-0.15, -0.1) is 0 Å². The quantitative estimate of drug-likeness (QED) is 0.872. The summed E-state index contributed by atoms with van der Waals surface area (Å²) in [5, 5.41) is 1.69. The van der Waals surface area contributed by atoms with Crippen molar-refractivity contribution in [2.75, 3.05) is 33.1 Å². The van der Waals surface area contributed by atoms with Crippen molar-refractivity contribution >= 4 is 23.1 Å². The molecule has 22 heavy (non-hydrogen) atoms. The van der Waals surface area contributed by atoms with Crippen LogP contribution in [0.25, 0.3) is 0 Å². The number of fused-ring (bicyclic) bond motifs is 2. The molecule has 0 fully saturated rings. The number of nitrogens with one attached hydrogen (secondary N) is 1. The van der Waals surface area contributed by atoms with E-state index in [9.17, 15) is 0 Å². The molecule has 0 bridgehead atoms. The summed E-state index contributed by atoms with van der Waals surface area (Å²) in [6, 6.07) is 12.2. The summed E-state index contributed by atoms with van der Waals surface area (Å²) in [6.07, 6.45) is 0. The molecule has 6 heteroatoms. The lowest BCUT2D eigenvalue weighted by molar-refractivity contribution is -0.00347. The molecule has 0 saturated heterocycles. The molecule has 0 unspecified atom stereocenters. The Bertz CT molecular complexity index is 691. The number of hydroxylamine groups is 3. The Morgan fingerprint density at radius 1 is 1.00 bits per heavy atom. The van der Waals surface area contributed by atoms with Crippen molar-refractivity contribution in [3.05, 3.63) is 36.4 Å². The number of benzene rings is 2. The minimum atomic E-state index is 0.797. The molecule has 0 saturated carbocycles. The number of hydrogen-bond donors (Lipinski definition) is 1. The van der Waals surface area contributed by atoms with E-state index in [1.54, 1.807) is 23.9 Å². The van der Waals surface area contributed by atoms with Gasteiger partial charge < -0.3 is 14.6 Å². The van der Waals surface area contributed by atoms with Gasteiger partial charge in [-0.1, -0.05) is 11.8 Å². The second-order valence-electron chi connectivity index (χ2n) is 5.13. The average molecular weight is 317 g/mol. The summed E-state index contributed by atoms with van der Waals surface area (Å²) >= 11 is 1.72. The molecule has 1 N–H and O–H groups in total. The number of anilines is 2. The summed E-state index contributed by atoms with van der Waals surface area (Å²) < 4.78 is 0. The van der Waals surface area contributed by atoms with Gasteiger partial charge in [0.15, 0.2) is 0 Å². The Morgan fingerprint density at radius 2 is 1.59 bits per heavy atom. The first-order chi connectivity index (χ1) is 10.6. The van der Waals surface area contributed by atoms with Crippen molar-refractivity contribution in [3.8, 4) is 11.5 Å². The van der Waals surface area contributed by atoms with Crippen molar-refractivity contribution in [2.45, 2.75) is 9.79 Å². The first-order valence-electron chi connectivity index (χ1n) is 6.97. The smallest absolute Gasteiger partial charge is 0.148 e. The molecule has 2 aromatic carbocycles. The van der Waals surface area contributed by atoms with Gasteiger partial charge in [0.25, 0.3) is 0 Å². The SMILES string of the molecule is CNOc1ccc2c(c1)Sc1cc(ON(C)C)ccc1N2C. The molecule has 1 heterocycles. The van der Waals surface area contributed by atoms with Crippen LogP contribution in [0.15, 0.2) is 46.2 Å². The first kappa shape index (κ1) is 15.0. The summed E-state index contributed by atoms with van der Waals surface area (Å²) in [5.74, 6) is 1.63. The summed E-state index contributed by atoms with van der Waals surface area (Å²) in [6.45, 7) is 0. The Labute approximate surface area is 134 Å². The lowest BCUT2D eigenvalue weighted by Crippen LogP contribution is -2.18. The lowest BCUT2D eigenvalue weighted by atomic mass is 10.2. The van der Waals surface area contributed by atoms with E-state index in [1.807, 2.05) is 32.3 Å². The van der Waals surface area contributed by atoms with Crippen LogP contribution in [0.4, 0.5) is 11.4 Å². The third kappa shape index (κ3) is 2.85. The van der Waals surface area contributed by atoms with Crippen LogP contribution >= 0.6 is 11.8 Å². The zero-order valence-corrected chi connectivity index (χ0v) is 13.9. The predicted octanol–water partition coefficient (Wildman–Crippen LogP) is 3.29. The third-order valence-corrected chi connectivity index (χ3v) is 4.41. The maximum Gasteiger partial charge on any atom is 0.148 e. The molecule has 116 valence electrons. The molecule has 0 spiro atoms. The minimum Gasteiger partial charge on any atom is -0.409 e. The molecule has 0 amide bonds. The fourth-order valence-corrected chi connectivity index (χ4v) is 3.61. The Kier molecular flexibility index (Phi) is 4.15. The highest BCUT2D eigenvalue weighted by molar-refractivity contribution is 7.99. The van der Waals surface area contributed by atoms with Gasteiger partial charge in [-0.25, -0.2) is 0 Å². The molecular formula is C16H19N3O2S. The highest BCUT2D eigenvalue weighted by atomic mass is 32.2. The van der Waals surface area contributed by atoms with Crippen molar-refractivity contribution < 1.29 is 9.68 Å². The fourth-order valence-electron chi connectivity index (χ4n) is 2.40. The largest absolute Gasteiger partial charge is 0.409 e. The minimum absolute atomic E-state index is 0.797. The summed E-state index contributed by atoms with van der Waals surface area (Å²) in [7, 11) is 7.56. The fraction of sp³-hybridized carbons (Fsp3) is 0.250. The lowest BCUT2D eigenvalue weighted by Gasteiger charge is -2.30. The average Bonchev–Trinajstić information content (AvgIpc) is 2.46. The van der Waals surface area contributed by atoms with Gasteiger partial charge in [0.05, 0.1) is 11.4 Å². The van der Waals surface area contributed by atoms with Gasteiger partial charge in [-0.05, 0) is 36.4 Å². The molecule has 0 aliphatic carbocycles. The van der Waals surface area contributed by atoms with Crippen LogP contribution in [0.5, 0.6) is 11.5 Å². The van der Waals surface area contributed by atoms with Crippen molar-refractivity contribution in [1.82, 2.24) is 10.5 Å². The zero-order chi connectivity index (χ0) is 15.7. The maximum absolute atomic E-state index is 5.63. The van der Waals surface area contributed by atoms with E-state index in [-0.39, 0.29) is 0 Å². The Balaban J connectivity index is 1.96. The van der Waals surface area contributed by atoms with E-state index in [4.69, 9.17) is 9.68 Å².